The number of piperidine rings is 1. The van der Waals surface area contributed by atoms with E-state index in [9.17, 15) is 15.3 Å². The van der Waals surface area contributed by atoms with Crippen LogP contribution in [-0.2, 0) is 24.7 Å². The van der Waals surface area contributed by atoms with Gasteiger partial charge in [0.25, 0.3) is 0 Å². The van der Waals surface area contributed by atoms with Gasteiger partial charge >= 0.3 is 0 Å². The summed E-state index contributed by atoms with van der Waals surface area (Å²) in [6.45, 7) is 0.899. The SMILES string of the molecule is CN1CC[C@]23Cc4nc5c(O)cccc5cc4C[C@@]2(O)[C@@H]1Cc1ccc(O)cc13.Cl. The van der Waals surface area contributed by atoms with E-state index in [-0.39, 0.29) is 29.9 Å². The van der Waals surface area contributed by atoms with Crippen LogP contribution < -0.4 is 0 Å². The summed E-state index contributed by atoms with van der Waals surface area (Å²) in [5.41, 5.74) is 3.50. The number of rotatable bonds is 0. The van der Waals surface area contributed by atoms with Crippen LogP contribution in [0.4, 0.5) is 0 Å². The molecule has 2 aromatic carbocycles. The van der Waals surface area contributed by atoms with Crippen molar-refractivity contribution in [3.63, 3.8) is 0 Å². The van der Waals surface area contributed by atoms with E-state index < -0.39 is 11.0 Å². The molecule has 3 aromatic rings. The van der Waals surface area contributed by atoms with Gasteiger partial charge in [-0.1, -0.05) is 18.2 Å². The molecule has 0 radical (unpaired) electrons. The lowest BCUT2D eigenvalue weighted by atomic mass is 9.49. The Hall–Kier alpha value is -2.34. The maximum atomic E-state index is 12.2. The molecule has 2 bridgehead atoms. The summed E-state index contributed by atoms with van der Waals surface area (Å²) in [6, 6.07) is 13.2. The van der Waals surface area contributed by atoms with Crippen LogP contribution in [0.25, 0.3) is 10.9 Å². The molecule has 3 aliphatic rings. The quantitative estimate of drug-likeness (QED) is 0.517. The fourth-order valence-electron chi connectivity index (χ4n) is 6.28. The average molecular weight is 425 g/mol. The minimum Gasteiger partial charge on any atom is -0.508 e. The molecule has 1 fully saturated rings. The zero-order valence-electron chi connectivity index (χ0n) is 16.8. The Morgan fingerprint density at radius 3 is 2.73 bits per heavy atom. The first-order valence-corrected chi connectivity index (χ1v) is 10.3. The van der Waals surface area contributed by atoms with Crippen molar-refractivity contribution in [1.29, 1.82) is 0 Å². The standard InChI is InChI=1S/C24H24N2O3.ClH/c1-26-8-7-23-13-19-16(9-15-3-2-4-20(28)22(15)25-19)12-24(23,29)21(26)10-14-5-6-17(27)11-18(14)23;/h2-6,9,11,21,27-29H,7-8,10,12-13H2,1H3;1H/t21-,23+,24+;/m0./s1. The maximum Gasteiger partial charge on any atom is 0.141 e. The fourth-order valence-corrected chi connectivity index (χ4v) is 6.28. The molecule has 0 amide bonds. The number of aromatic nitrogens is 1. The van der Waals surface area contributed by atoms with E-state index in [2.05, 4.69) is 18.0 Å². The van der Waals surface area contributed by atoms with E-state index in [0.717, 1.165) is 41.6 Å². The lowest BCUT2D eigenvalue weighted by Crippen LogP contribution is -2.73. The largest absolute Gasteiger partial charge is 0.508 e. The van der Waals surface area contributed by atoms with E-state index in [0.29, 0.717) is 18.4 Å². The number of phenolic OH excluding ortho intramolecular Hbond substituents is 2. The first kappa shape index (κ1) is 19.6. The molecule has 1 aromatic heterocycles. The molecular weight excluding hydrogens is 400 g/mol. The maximum absolute atomic E-state index is 12.2. The van der Waals surface area contributed by atoms with E-state index >= 15 is 0 Å². The van der Waals surface area contributed by atoms with Crippen LogP contribution in [0.3, 0.4) is 0 Å². The minimum absolute atomic E-state index is 0. The van der Waals surface area contributed by atoms with E-state index in [4.69, 9.17) is 4.98 Å². The summed E-state index contributed by atoms with van der Waals surface area (Å²) in [5.74, 6) is 0.430. The fraction of sp³-hybridized carbons (Fsp3) is 0.375. The van der Waals surface area contributed by atoms with Gasteiger partial charge in [-0.15, -0.1) is 12.4 Å². The number of para-hydroxylation sites is 1. The van der Waals surface area contributed by atoms with Crippen molar-refractivity contribution in [3.05, 3.63) is 64.8 Å². The minimum atomic E-state index is -0.917. The monoisotopic (exact) mass is 424 g/mol. The van der Waals surface area contributed by atoms with Gasteiger partial charge in [-0.05, 0) is 67.4 Å². The predicted molar refractivity (Wildman–Crippen MR) is 118 cm³/mol. The highest BCUT2D eigenvalue weighted by molar-refractivity contribution is 5.85. The van der Waals surface area contributed by atoms with Crippen LogP contribution in [0.2, 0.25) is 0 Å². The molecule has 0 unspecified atom stereocenters. The van der Waals surface area contributed by atoms with Crippen LogP contribution in [0, 0.1) is 0 Å². The molecule has 2 heterocycles. The third-order valence-corrected chi connectivity index (χ3v) is 7.75. The molecule has 3 atom stereocenters. The zero-order valence-corrected chi connectivity index (χ0v) is 17.6. The summed E-state index contributed by atoms with van der Waals surface area (Å²) >= 11 is 0. The van der Waals surface area contributed by atoms with Crippen molar-refractivity contribution in [2.24, 2.45) is 0 Å². The van der Waals surface area contributed by atoms with Crippen LogP contribution in [0.1, 0.15) is 28.8 Å². The molecular formula is C24H25ClN2O3. The number of hydrogen-bond acceptors (Lipinski definition) is 5. The summed E-state index contributed by atoms with van der Waals surface area (Å²) in [6.07, 6.45) is 2.74. The second kappa shape index (κ2) is 6.33. The number of pyridine rings is 1. The highest BCUT2D eigenvalue weighted by atomic mass is 35.5. The Kier molecular flexibility index (Phi) is 4.14. The van der Waals surface area contributed by atoms with Crippen LogP contribution in [0.15, 0.2) is 42.5 Å². The molecule has 2 aliphatic carbocycles. The van der Waals surface area contributed by atoms with Gasteiger partial charge < -0.3 is 20.2 Å². The van der Waals surface area contributed by atoms with Gasteiger partial charge in [-0.3, -0.25) is 0 Å². The summed E-state index contributed by atoms with van der Waals surface area (Å²) in [5, 5.41) is 33.7. The highest BCUT2D eigenvalue weighted by Gasteiger charge is 2.64. The van der Waals surface area contributed by atoms with Crippen molar-refractivity contribution >= 4 is 23.3 Å². The molecule has 0 spiro atoms. The Balaban J connectivity index is 0.00000193. The number of phenols is 2. The molecule has 0 saturated carbocycles. The van der Waals surface area contributed by atoms with Crippen molar-refractivity contribution < 1.29 is 15.3 Å². The second-order valence-corrected chi connectivity index (χ2v) is 9.09. The molecule has 30 heavy (non-hydrogen) atoms. The van der Waals surface area contributed by atoms with Crippen LogP contribution in [-0.4, -0.2) is 50.4 Å². The Morgan fingerprint density at radius 2 is 1.90 bits per heavy atom. The lowest BCUT2D eigenvalue weighted by Gasteiger charge is -2.63. The number of aliphatic hydroxyl groups is 1. The molecule has 3 N–H and O–H groups in total. The van der Waals surface area contributed by atoms with Gasteiger partial charge in [0, 0.05) is 35.4 Å². The number of likely N-dealkylation sites (N-methyl/N-ethyl adjacent to an activating group) is 1. The van der Waals surface area contributed by atoms with Crippen molar-refractivity contribution in [2.45, 2.75) is 42.7 Å². The first-order chi connectivity index (χ1) is 13.9. The Bertz CT molecular complexity index is 1180. The molecule has 156 valence electrons. The average Bonchev–Trinajstić information content (AvgIpc) is 2.69. The molecule has 6 rings (SSSR count). The van der Waals surface area contributed by atoms with Gasteiger partial charge in [0.05, 0.1) is 5.60 Å². The van der Waals surface area contributed by atoms with Gasteiger partial charge in [0.1, 0.15) is 17.0 Å². The number of fused-ring (bicyclic) bond motifs is 3. The summed E-state index contributed by atoms with van der Waals surface area (Å²) < 4.78 is 0. The number of halogens is 1. The van der Waals surface area contributed by atoms with Crippen molar-refractivity contribution in [1.82, 2.24) is 9.88 Å². The third kappa shape index (κ3) is 2.34. The topological polar surface area (TPSA) is 76.8 Å². The molecule has 1 saturated heterocycles. The normalized spacial score (nSPS) is 29.5. The van der Waals surface area contributed by atoms with E-state index in [1.807, 2.05) is 24.3 Å². The first-order valence-electron chi connectivity index (χ1n) is 10.3. The smallest absolute Gasteiger partial charge is 0.141 e. The van der Waals surface area contributed by atoms with Gasteiger partial charge in [-0.2, -0.15) is 0 Å². The van der Waals surface area contributed by atoms with E-state index in [1.54, 1.807) is 12.1 Å². The summed E-state index contributed by atoms with van der Waals surface area (Å²) in [7, 11) is 2.10. The van der Waals surface area contributed by atoms with Crippen LogP contribution >= 0.6 is 12.4 Å². The predicted octanol–water partition coefficient (Wildman–Crippen LogP) is 3.10. The third-order valence-electron chi connectivity index (χ3n) is 7.75. The molecule has 1 aliphatic heterocycles. The van der Waals surface area contributed by atoms with Crippen molar-refractivity contribution in [2.75, 3.05) is 13.6 Å². The van der Waals surface area contributed by atoms with Crippen molar-refractivity contribution in [3.8, 4) is 11.5 Å². The number of hydrogen-bond donors (Lipinski definition) is 3. The molecule has 5 nitrogen and oxygen atoms in total. The number of nitrogens with zero attached hydrogens (tertiary/aromatic N) is 2. The van der Waals surface area contributed by atoms with E-state index in [1.165, 1.54) is 5.56 Å². The van der Waals surface area contributed by atoms with Gasteiger partial charge in [0.2, 0.25) is 0 Å². The Morgan fingerprint density at radius 1 is 1.07 bits per heavy atom. The zero-order chi connectivity index (χ0) is 20.0. The highest BCUT2D eigenvalue weighted by Crippen LogP contribution is 2.57. The number of benzene rings is 2. The van der Waals surface area contributed by atoms with Crippen LogP contribution in [0.5, 0.6) is 11.5 Å². The lowest BCUT2D eigenvalue weighted by molar-refractivity contribution is -0.145. The molecule has 6 heteroatoms. The number of likely N-dealkylation sites (tertiary alicyclic amines) is 1. The van der Waals surface area contributed by atoms with Gasteiger partial charge in [0.15, 0.2) is 0 Å². The summed E-state index contributed by atoms with van der Waals surface area (Å²) in [4.78, 5) is 7.15. The number of aromatic hydroxyl groups is 2. The van der Waals surface area contributed by atoms with Gasteiger partial charge in [-0.25, -0.2) is 4.98 Å². The second-order valence-electron chi connectivity index (χ2n) is 9.09. The Labute approximate surface area is 181 Å².